The van der Waals surface area contributed by atoms with Crippen molar-refractivity contribution in [2.45, 2.75) is 36.9 Å². The van der Waals surface area contributed by atoms with E-state index in [2.05, 4.69) is 22.3 Å². The monoisotopic (exact) mass is 508 g/mol. The van der Waals surface area contributed by atoms with Gasteiger partial charge in [0.1, 0.15) is 17.3 Å². The van der Waals surface area contributed by atoms with E-state index in [-0.39, 0.29) is 28.3 Å². The first-order valence-electron chi connectivity index (χ1n) is 10.8. The summed E-state index contributed by atoms with van der Waals surface area (Å²) in [5.74, 6) is 0.772. The zero-order chi connectivity index (χ0) is 25.3. The molecule has 0 saturated carbocycles. The highest BCUT2D eigenvalue weighted by molar-refractivity contribution is 8.01. The Labute approximate surface area is 211 Å². The Morgan fingerprint density at radius 2 is 2.03 bits per heavy atom. The van der Waals surface area contributed by atoms with Crippen molar-refractivity contribution in [2.75, 3.05) is 24.9 Å². The third kappa shape index (κ3) is 4.45. The van der Waals surface area contributed by atoms with Crippen molar-refractivity contribution >= 4 is 34.0 Å². The van der Waals surface area contributed by atoms with Crippen molar-refractivity contribution < 1.29 is 14.3 Å². The van der Waals surface area contributed by atoms with Gasteiger partial charge in [0.15, 0.2) is 10.1 Å². The number of ketones is 1. The minimum atomic E-state index is -0.708. The number of hydrogen-bond donors (Lipinski definition) is 1. The standard InChI is InChI=1S/C24H24N6O3S2/c1-24(2)10-16-20(17(31)11-24)19(14-9-13(32-3)5-6-18(14)33-4)15(12-26)21(27)30(16)22-28-29-23(35-22)34-8-7-25/h5-6,9,19H,8,10-11,27H2,1-4H3. The number of carbonyl (C=O) groups excluding carboxylic acids is 1. The van der Waals surface area contributed by atoms with Gasteiger partial charge in [-0.3, -0.25) is 9.69 Å². The molecule has 0 spiro atoms. The fraction of sp³-hybridized carbons (Fsp3) is 0.375. The predicted molar refractivity (Wildman–Crippen MR) is 133 cm³/mol. The number of ether oxygens (including phenoxy) is 2. The van der Waals surface area contributed by atoms with Crippen molar-refractivity contribution in [2.24, 2.45) is 11.1 Å². The van der Waals surface area contributed by atoms with Crippen LogP contribution in [-0.4, -0.2) is 36.0 Å². The number of Topliss-reactive ketones (excluding diaryl/α,β-unsaturated/α-hetero) is 1. The van der Waals surface area contributed by atoms with E-state index in [0.717, 1.165) is 0 Å². The first kappa shape index (κ1) is 24.6. The summed E-state index contributed by atoms with van der Waals surface area (Å²) < 4.78 is 11.6. The second kappa shape index (κ2) is 9.61. The van der Waals surface area contributed by atoms with Crippen molar-refractivity contribution in [3.8, 4) is 23.6 Å². The maximum Gasteiger partial charge on any atom is 0.219 e. The first-order chi connectivity index (χ1) is 16.7. The van der Waals surface area contributed by atoms with Crippen molar-refractivity contribution in [1.82, 2.24) is 10.2 Å². The average molecular weight is 509 g/mol. The molecule has 4 rings (SSSR count). The number of thioether (sulfide) groups is 1. The van der Waals surface area contributed by atoms with E-state index in [1.165, 1.54) is 23.1 Å². The minimum absolute atomic E-state index is 0.0556. The topological polar surface area (TPSA) is 138 Å². The summed E-state index contributed by atoms with van der Waals surface area (Å²) in [5, 5.41) is 28.1. The van der Waals surface area contributed by atoms with Gasteiger partial charge in [0.2, 0.25) is 5.13 Å². The molecule has 1 atom stereocenters. The SMILES string of the molecule is COc1ccc(OC)c(C2C(C#N)=C(N)N(c3nnc(SCC#N)s3)C3=C2C(=O)CC(C)(C)C3)c1. The van der Waals surface area contributed by atoms with Crippen LogP contribution in [0.5, 0.6) is 11.5 Å². The number of aromatic nitrogens is 2. The predicted octanol–water partition coefficient (Wildman–Crippen LogP) is 4.11. The van der Waals surface area contributed by atoms with Gasteiger partial charge in [-0.1, -0.05) is 36.9 Å². The lowest BCUT2D eigenvalue weighted by molar-refractivity contribution is -0.118. The fourth-order valence-corrected chi connectivity index (χ4v) is 6.09. The molecule has 1 aromatic heterocycles. The first-order valence-corrected chi connectivity index (χ1v) is 12.6. The molecule has 35 heavy (non-hydrogen) atoms. The summed E-state index contributed by atoms with van der Waals surface area (Å²) >= 11 is 2.54. The molecular formula is C24H24N6O3S2. The molecule has 2 aliphatic rings. The Bertz CT molecular complexity index is 1330. The number of allylic oxidation sites excluding steroid dienone is 3. The summed E-state index contributed by atoms with van der Waals surface area (Å²) in [6.07, 6.45) is 0.886. The Morgan fingerprint density at radius 1 is 1.26 bits per heavy atom. The Balaban J connectivity index is 1.97. The van der Waals surface area contributed by atoms with Crippen LogP contribution >= 0.6 is 23.1 Å². The van der Waals surface area contributed by atoms with E-state index >= 15 is 0 Å². The van der Waals surface area contributed by atoms with Crippen molar-refractivity contribution in [1.29, 1.82) is 10.5 Å². The summed E-state index contributed by atoms with van der Waals surface area (Å²) in [7, 11) is 3.10. The van der Waals surface area contributed by atoms with Gasteiger partial charge < -0.3 is 15.2 Å². The van der Waals surface area contributed by atoms with Crippen LogP contribution in [0.2, 0.25) is 0 Å². The third-order valence-electron chi connectivity index (χ3n) is 5.98. The number of carbonyl (C=O) groups is 1. The van der Waals surface area contributed by atoms with Crippen LogP contribution in [-0.2, 0) is 4.79 Å². The molecule has 1 aromatic carbocycles. The molecule has 2 aromatic rings. The van der Waals surface area contributed by atoms with E-state index in [1.54, 1.807) is 37.3 Å². The second-order valence-electron chi connectivity index (χ2n) is 8.89. The number of anilines is 1. The van der Waals surface area contributed by atoms with Gasteiger partial charge in [-0.2, -0.15) is 10.5 Å². The molecule has 1 aliphatic heterocycles. The highest BCUT2D eigenvalue weighted by atomic mass is 32.2. The van der Waals surface area contributed by atoms with Crippen LogP contribution in [0.1, 0.15) is 38.2 Å². The lowest BCUT2D eigenvalue weighted by Crippen LogP contribution is -2.42. The maximum absolute atomic E-state index is 13.7. The third-order valence-corrected chi connectivity index (χ3v) is 7.88. The molecule has 0 amide bonds. The molecule has 9 nitrogen and oxygen atoms in total. The van der Waals surface area contributed by atoms with Gasteiger partial charge in [0.25, 0.3) is 0 Å². The number of nitriles is 2. The fourth-order valence-electron chi connectivity index (χ4n) is 4.55. The van der Waals surface area contributed by atoms with E-state index in [4.69, 9.17) is 20.5 Å². The summed E-state index contributed by atoms with van der Waals surface area (Å²) in [4.78, 5) is 15.4. The molecule has 0 fully saturated rings. The smallest absolute Gasteiger partial charge is 0.219 e. The van der Waals surface area contributed by atoms with Crippen LogP contribution in [0, 0.1) is 28.1 Å². The molecule has 0 bridgehead atoms. The van der Waals surface area contributed by atoms with Gasteiger partial charge in [0.05, 0.1) is 43.6 Å². The molecule has 0 saturated heterocycles. The number of methoxy groups -OCH3 is 2. The van der Waals surface area contributed by atoms with E-state index in [9.17, 15) is 10.1 Å². The number of rotatable bonds is 6. The summed E-state index contributed by atoms with van der Waals surface area (Å²) in [6.45, 7) is 4.06. The zero-order valence-electron chi connectivity index (χ0n) is 19.8. The Morgan fingerprint density at radius 3 is 2.69 bits per heavy atom. The number of hydrogen-bond acceptors (Lipinski definition) is 11. The van der Waals surface area contributed by atoms with Crippen LogP contribution in [0.25, 0.3) is 0 Å². The summed E-state index contributed by atoms with van der Waals surface area (Å²) in [5.41, 5.74) is 8.40. The van der Waals surface area contributed by atoms with Gasteiger partial charge in [-0.15, -0.1) is 10.2 Å². The van der Waals surface area contributed by atoms with Gasteiger partial charge in [-0.25, -0.2) is 0 Å². The number of benzene rings is 1. The molecule has 1 aliphatic carbocycles. The highest BCUT2D eigenvalue weighted by Gasteiger charge is 2.46. The number of nitrogens with zero attached hydrogens (tertiary/aromatic N) is 5. The van der Waals surface area contributed by atoms with E-state index < -0.39 is 5.92 Å². The zero-order valence-corrected chi connectivity index (χ0v) is 21.4. The molecular weight excluding hydrogens is 484 g/mol. The van der Waals surface area contributed by atoms with Gasteiger partial charge in [0, 0.05) is 23.3 Å². The average Bonchev–Trinajstić information content (AvgIpc) is 3.29. The highest BCUT2D eigenvalue weighted by Crippen LogP contribution is 2.52. The van der Waals surface area contributed by atoms with Gasteiger partial charge >= 0.3 is 0 Å². The second-order valence-corrected chi connectivity index (χ2v) is 11.1. The maximum atomic E-state index is 13.7. The van der Waals surface area contributed by atoms with Crippen LogP contribution in [0.15, 0.2) is 45.2 Å². The van der Waals surface area contributed by atoms with Crippen LogP contribution in [0.4, 0.5) is 5.13 Å². The Kier molecular flexibility index (Phi) is 6.75. The summed E-state index contributed by atoms with van der Waals surface area (Å²) in [6, 6.07) is 9.62. The molecule has 2 heterocycles. The normalized spacial score (nSPS) is 19.2. The van der Waals surface area contributed by atoms with Crippen molar-refractivity contribution in [3.63, 3.8) is 0 Å². The Hall–Kier alpha value is -3.54. The molecule has 11 heteroatoms. The molecule has 2 N–H and O–H groups in total. The van der Waals surface area contributed by atoms with Crippen LogP contribution in [0.3, 0.4) is 0 Å². The van der Waals surface area contributed by atoms with Crippen molar-refractivity contribution in [3.05, 3.63) is 46.4 Å². The lowest BCUT2D eigenvalue weighted by atomic mass is 9.68. The van der Waals surface area contributed by atoms with Gasteiger partial charge in [-0.05, 0) is 30.0 Å². The largest absolute Gasteiger partial charge is 0.497 e. The van der Waals surface area contributed by atoms with Crippen LogP contribution < -0.4 is 20.1 Å². The lowest BCUT2D eigenvalue weighted by Gasteiger charge is -2.42. The van der Waals surface area contributed by atoms with E-state index in [0.29, 0.717) is 50.6 Å². The van der Waals surface area contributed by atoms with E-state index in [1.807, 2.05) is 13.8 Å². The minimum Gasteiger partial charge on any atom is -0.497 e. The number of nitrogens with two attached hydrogens (primary N) is 1. The quantitative estimate of drug-likeness (QED) is 0.567. The molecule has 1 unspecified atom stereocenters. The molecule has 180 valence electrons. The molecule has 0 radical (unpaired) electrons.